The number of aromatic carboxylic acids is 1. The quantitative estimate of drug-likeness (QED) is 0.925. The van der Waals surface area contributed by atoms with Crippen molar-refractivity contribution < 1.29 is 14.6 Å². The molecule has 0 bridgehead atoms. The predicted molar refractivity (Wildman–Crippen MR) is 84.6 cm³/mol. The van der Waals surface area contributed by atoms with Gasteiger partial charge in [0, 0.05) is 25.1 Å². The van der Waals surface area contributed by atoms with Crippen molar-refractivity contribution in [3.63, 3.8) is 0 Å². The highest BCUT2D eigenvalue weighted by Crippen LogP contribution is 2.35. The van der Waals surface area contributed by atoms with Crippen LogP contribution in [0.2, 0.25) is 0 Å². The number of carboxylic acid groups (broad SMARTS) is 1. The molecule has 0 amide bonds. The summed E-state index contributed by atoms with van der Waals surface area (Å²) in [4.78, 5) is 18.6. The molecule has 0 radical (unpaired) electrons. The number of aromatic nitrogens is 1. The van der Waals surface area contributed by atoms with Crippen LogP contribution in [0.3, 0.4) is 0 Å². The van der Waals surface area contributed by atoms with Gasteiger partial charge in [0.15, 0.2) is 5.13 Å². The van der Waals surface area contributed by atoms with E-state index >= 15 is 0 Å². The molecule has 1 saturated heterocycles. The van der Waals surface area contributed by atoms with E-state index in [1.807, 2.05) is 27.7 Å². The smallest absolute Gasteiger partial charge is 0.347 e. The fourth-order valence-electron chi connectivity index (χ4n) is 2.55. The number of ether oxygens (including phenoxy) is 1. The first-order valence-corrected chi connectivity index (χ1v) is 8.25. The third-order valence-electron chi connectivity index (χ3n) is 3.64. The molecule has 1 aromatic rings. The first kappa shape index (κ1) is 16.2. The Bertz CT molecular complexity index is 500. The maximum atomic E-state index is 11.4. The van der Waals surface area contributed by atoms with Crippen LogP contribution in [0, 0.1) is 0 Å². The van der Waals surface area contributed by atoms with Gasteiger partial charge >= 0.3 is 5.97 Å². The fraction of sp³-hybridized carbons (Fsp3) is 0.733. The molecule has 1 aromatic heterocycles. The third-order valence-corrected chi connectivity index (χ3v) is 4.74. The highest BCUT2D eigenvalue weighted by molar-refractivity contribution is 7.17. The standard InChI is InChI=1S/C15H24N2O3S/c1-5-20-10-6-8-17(9-7-10)14-16-12(15(2,3)4)11(21-14)13(18)19/h10H,5-9H2,1-4H3,(H,18,19). The molecule has 6 heteroatoms. The lowest BCUT2D eigenvalue weighted by atomic mass is 9.91. The van der Waals surface area contributed by atoms with Gasteiger partial charge in [0.05, 0.1) is 11.8 Å². The molecule has 1 N–H and O–H groups in total. The minimum absolute atomic E-state index is 0.258. The summed E-state index contributed by atoms with van der Waals surface area (Å²) in [6, 6.07) is 0. The van der Waals surface area contributed by atoms with E-state index < -0.39 is 5.97 Å². The number of rotatable bonds is 4. The molecule has 1 aliphatic heterocycles. The minimum Gasteiger partial charge on any atom is -0.477 e. The first-order valence-electron chi connectivity index (χ1n) is 7.44. The van der Waals surface area contributed by atoms with Crippen LogP contribution in [0.15, 0.2) is 0 Å². The van der Waals surface area contributed by atoms with Gasteiger partial charge in [-0.3, -0.25) is 0 Å². The van der Waals surface area contributed by atoms with Crippen molar-refractivity contribution in [3.05, 3.63) is 10.6 Å². The molecule has 0 aromatic carbocycles. The van der Waals surface area contributed by atoms with Crippen molar-refractivity contribution in [3.8, 4) is 0 Å². The van der Waals surface area contributed by atoms with Gasteiger partial charge in [-0.25, -0.2) is 9.78 Å². The van der Waals surface area contributed by atoms with Gasteiger partial charge in [0.25, 0.3) is 0 Å². The highest BCUT2D eigenvalue weighted by atomic mass is 32.1. The number of thiazole rings is 1. The zero-order valence-electron chi connectivity index (χ0n) is 13.2. The second-order valence-electron chi connectivity index (χ2n) is 6.37. The normalized spacial score (nSPS) is 17.2. The Morgan fingerprint density at radius 3 is 2.48 bits per heavy atom. The maximum Gasteiger partial charge on any atom is 0.347 e. The van der Waals surface area contributed by atoms with E-state index in [-0.39, 0.29) is 5.41 Å². The van der Waals surface area contributed by atoms with E-state index in [0.717, 1.165) is 37.7 Å². The Labute approximate surface area is 129 Å². The molecule has 0 unspecified atom stereocenters. The highest BCUT2D eigenvalue weighted by Gasteiger charge is 2.29. The number of nitrogens with zero attached hydrogens (tertiary/aromatic N) is 2. The Kier molecular flexibility index (Phi) is 4.88. The molecule has 5 nitrogen and oxygen atoms in total. The first-order chi connectivity index (χ1) is 9.82. The number of carbonyl (C=O) groups is 1. The van der Waals surface area contributed by atoms with E-state index in [9.17, 15) is 9.90 Å². The fourth-order valence-corrected chi connectivity index (χ4v) is 3.71. The summed E-state index contributed by atoms with van der Waals surface area (Å²) in [5, 5.41) is 10.2. The van der Waals surface area contributed by atoms with Crippen molar-refractivity contribution in [2.45, 2.75) is 52.1 Å². The van der Waals surface area contributed by atoms with Crippen molar-refractivity contribution in [2.24, 2.45) is 0 Å². The van der Waals surface area contributed by atoms with Gasteiger partial charge < -0.3 is 14.7 Å². The molecule has 21 heavy (non-hydrogen) atoms. The van der Waals surface area contributed by atoms with E-state index in [2.05, 4.69) is 9.88 Å². The van der Waals surface area contributed by atoms with Crippen LogP contribution in [0.5, 0.6) is 0 Å². The molecular weight excluding hydrogens is 288 g/mol. The lowest BCUT2D eigenvalue weighted by Crippen LogP contribution is -2.37. The summed E-state index contributed by atoms with van der Waals surface area (Å²) in [6.45, 7) is 10.5. The number of piperidine rings is 1. The van der Waals surface area contributed by atoms with Crippen LogP contribution in [0.25, 0.3) is 0 Å². The third kappa shape index (κ3) is 3.74. The van der Waals surface area contributed by atoms with Crippen molar-refractivity contribution >= 4 is 22.4 Å². The average molecular weight is 312 g/mol. The van der Waals surface area contributed by atoms with Gasteiger partial charge in [-0.1, -0.05) is 32.1 Å². The van der Waals surface area contributed by atoms with Crippen LogP contribution in [0.1, 0.15) is 55.9 Å². The molecule has 2 rings (SSSR count). The van der Waals surface area contributed by atoms with Crippen LogP contribution >= 0.6 is 11.3 Å². The van der Waals surface area contributed by atoms with Crippen molar-refractivity contribution in [2.75, 3.05) is 24.6 Å². The van der Waals surface area contributed by atoms with Gasteiger partial charge in [-0.2, -0.15) is 0 Å². The molecule has 0 aliphatic carbocycles. The van der Waals surface area contributed by atoms with Crippen LogP contribution in [-0.4, -0.2) is 41.9 Å². The zero-order chi connectivity index (χ0) is 15.6. The SMILES string of the molecule is CCOC1CCN(c2nc(C(C)(C)C)c(C(=O)O)s2)CC1. The molecule has 0 spiro atoms. The monoisotopic (exact) mass is 312 g/mol. The molecule has 2 heterocycles. The van der Waals surface area contributed by atoms with E-state index in [1.165, 1.54) is 11.3 Å². The molecule has 118 valence electrons. The topological polar surface area (TPSA) is 62.7 Å². The summed E-state index contributed by atoms with van der Waals surface area (Å²) in [7, 11) is 0. The zero-order valence-corrected chi connectivity index (χ0v) is 14.0. The summed E-state index contributed by atoms with van der Waals surface area (Å²) >= 11 is 1.29. The van der Waals surface area contributed by atoms with Gasteiger partial charge in [0.2, 0.25) is 0 Å². The van der Waals surface area contributed by atoms with Crippen molar-refractivity contribution in [1.82, 2.24) is 4.98 Å². The van der Waals surface area contributed by atoms with Crippen molar-refractivity contribution in [1.29, 1.82) is 0 Å². The Hall–Kier alpha value is -1.14. The molecule has 0 atom stereocenters. The summed E-state index contributed by atoms with van der Waals surface area (Å²) in [5.41, 5.74) is 0.425. The number of hydrogen-bond donors (Lipinski definition) is 1. The van der Waals surface area contributed by atoms with Crippen LogP contribution in [-0.2, 0) is 10.2 Å². The largest absolute Gasteiger partial charge is 0.477 e. The number of hydrogen-bond acceptors (Lipinski definition) is 5. The molecule has 1 fully saturated rings. The lowest BCUT2D eigenvalue weighted by Gasteiger charge is -2.31. The molecule has 0 saturated carbocycles. The second kappa shape index (κ2) is 6.32. The lowest BCUT2D eigenvalue weighted by molar-refractivity contribution is 0.0459. The van der Waals surface area contributed by atoms with E-state index in [1.54, 1.807) is 0 Å². The summed E-state index contributed by atoms with van der Waals surface area (Å²) in [5.74, 6) is -0.882. The minimum atomic E-state index is -0.882. The van der Waals surface area contributed by atoms with E-state index in [4.69, 9.17) is 4.74 Å². The second-order valence-corrected chi connectivity index (χ2v) is 7.35. The molecule has 1 aliphatic rings. The summed E-state index contributed by atoms with van der Waals surface area (Å²) < 4.78 is 5.65. The predicted octanol–water partition coefficient (Wildman–Crippen LogP) is 3.14. The van der Waals surface area contributed by atoms with Gasteiger partial charge in [0.1, 0.15) is 4.88 Å². The van der Waals surface area contributed by atoms with Crippen LogP contribution in [0.4, 0.5) is 5.13 Å². The van der Waals surface area contributed by atoms with Gasteiger partial charge in [-0.15, -0.1) is 0 Å². The average Bonchev–Trinajstić information content (AvgIpc) is 2.85. The van der Waals surface area contributed by atoms with Gasteiger partial charge in [-0.05, 0) is 19.8 Å². The number of carboxylic acids is 1. The number of anilines is 1. The summed E-state index contributed by atoms with van der Waals surface area (Å²) in [6.07, 6.45) is 2.27. The Morgan fingerprint density at radius 1 is 1.43 bits per heavy atom. The maximum absolute atomic E-state index is 11.4. The Morgan fingerprint density at radius 2 is 2.05 bits per heavy atom. The van der Waals surface area contributed by atoms with Crippen LogP contribution < -0.4 is 4.90 Å². The Balaban J connectivity index is 2.17. The van der Waals surface area contributed by atoms with E-state index in [0.29, 0.717) is 16.7 Å². The molecular formula is C15H24N2O3S.